The first-order valence-corrected chi connectivity index (χ1v) is 9.62. The minimum Gasteiger partial charge on any atom is 0 e. The number of thiazole rings is 1. The fraction of sp³-hybridized carbons (Fsp3) is 0.143. The average Bonchev–Trinajstić information content (AvgIpc) is 2.81. The molecule has 0 aliphatic carbocycles. The Bertz CT molecular complexity index is 677. The molecule has 1 radical (unpaired) electrons. The Morgan fingerprint density at radius 2 is 1.95 bits per heavy atom. The molecule has 0 N–H and O–H groups in total. The van der Waals surface area contributed by atoms with Gasteiger partial charge >= 0.3 is 122 Å². The van der Waals surface area contributed by atoms with Gasteiger partial charge in [-0.15, -0.1) is 0 Å². The number of hydrogen-bond donors (Lipinski definition) is 0. The SMILES string of the molecule is C[IH]c1cc(C#N)cc(C#Cc2csc(C)n2)c1.[Y]. The quantitative estimate of drug-likeness (QED) is 0.377. The number of halogens is 1. The van der Waals surface area contributed by atoms with Crippen molar-refractivity contribution in [3.05, 3.63) is 49.0 Å². The maximum absolute atomic E-state index is 8.98. The van der Waals surface area contributed by atoms with Crippen molar-refractivity contribution in [1.29, 1.82) is 5.26 Å². The molecule has 1 aromatic carbocycles. The summed E-state index contributed by atoms with van der Waals surface area (Å²) in [7, 11) is 0. The van der Waals surface area contributed by atoms with Gasteiger partial charge in [0, 0.05) is 32.7 Å². The van der Waals surface area contributed by atoms with Crippen LogP contribution in [-0.4, -0.2) is 9.91 Å². The van der Waals surface area contributed by atoms with Crippen molar-refractivity contribution in [2.45, 2.75) is 6.92 Å². The van der Waals surface area contributed by atoms with E-state index in [1.54, 1.807) is 11.3 Å². The van der Waals surface area contributed by atoms with E-state index in [2.05, 4.69) is 33.9 Å². The van der Waals surface area contributed by atoms with Crippen LogP contribution in [0.3, 0.4) is 0 Å². The Hall–Kier alpha value is -0.266. The van der Waals surface area contributed by atoms with Gasteiger partial charge in [-0.1, -0.05) is 0 Å². The molecule has 2 aromatic rings. The third-order valence-electron chi connectivity index (χ3n) is 2.23. The van der Waals surface area contributed by atoms with Gasteiger partial charge in [0.25, 0.3) is 0 Å². The molecular formula is C14H11IN2SY. The summed E-state index contributed by atoms with van der Waals surface area (Å²) in [6.07, 6.45) is 0. The van der Waals surface area contributed by atoms with Crippen molar-refractivity contribution >= 4 is 32.5 Å². The zero-order valence-electron chi connectivity index (χ0n) is 10.6. The maximum Gasteiger partial charge on any atom is 0 e. The topological polar surface area (TPSA) is 36.7 Å². The number of aryl methyl sites for hydroxylation is 1. The Morgan fingerprint density at radius 3 is 2.53 bits per heavy atom. The molecule has 0 saturated carbocycles. The van der Waals surface area contributed by atoms with Crippen LogP contribution in [0.25, 0.3) is 0 Å². The van der Waals surface area contributed by atoms with Gasteiger partial charge in [0.15, 0.2) is 0 Å². The van der Waals surface area contributed by atoms with E-state index in [1.807, 2.05) is 24.4 Å². The van der Waals surface area contributed by atoms with Gasteiger partial charge in [-0.05, 0) is 0 Å². The second-order valence-corrected chi connectivity index (χ2v) is 7.14. The van der Waals surface area contributed by atoms with Gasteiger partial charge in [-0.2, -0.15) is 0 Å². The summed E-state index contributed by atoms with van der Waals surface area (Å²) in [6.45, 7) is 1.96. The third-order valence-corrected chi connectivity index (χ3v) is 5.02. The Kier molecular flexibility index (Phi) is 7.17. The molecule has 0 aliphatic heterocycles. The summed E-state index contributed by atoms with van der Waals surface area (Å²) in [5.41, 5.74) is 2.40. The van der Waals surface area contributed by atoms with Gasteiger partial charge in [0.2, 0.25) is 0 Å². The van der Waals surface area contributed by atoms with Crippen molar-refractivity contribution in [2.75, 3.05) is 4.93 Å². The molecule has 93 valence electrons. The van der Waals surface area contributed by atoms with Crippen molar-refractivity contribution in [1.82, 2.24) is 4.98 Å². The van der Waals surface area contributed by atoms with Crippen molar-refractivity contribution < 1.29 is 32.7 Å². The molecule has 19 heavy (non-hydrogen) atoms. The van der Waals surface area contributed by atoms with E-state index in [4.69, 9.17) is 5.26 Å². The number of nitriles is 1. The molecule has 2 rings (SSSR count). The van der Waals surface area contributed by atoms with Crippen LogP contribution >= 0.6 is 32.5 Å². The van der Waals surface area contributed by atoms with E-state index in [0.717, 1.165) is 16.3 Å². The van der Waals surface area contributed by atoms with E-state index < -0.39 is 0 Å². The second-order valence-electron chi connectivity index (χ2n) is 3.56. The summed E-state index contributed by atoms with van der Waals surface area (Å²) < 4.78 is 1.26. The number of nitrogens with zero attached hydrogens (tertiary/aromatic N) is 2. The molecule has 0 fully saturated rings. The van der Waals surface area contributed by atoms with Gasteiger partial charge in [0.05, 0.1) is 0 Å². The normalized spacial score (nSPS) is 9.11. The first-order chi connectivity index (χ1) is 8.71. The van der Waals surface area contributed by atoms with Gasteiger partial charge in [-0.3, -0.25) is 0 Å². The van der Waals surface area contributed by atoms with E-state index >= 15 is 0 Å². The summed E-state index contributed by atoms with van der Waals surface area (Å²) in [6, 6.07) is 8.05. The zero-order valence-corrected chi connectivity index (χ0v) is 16.6. The molecule has 0 amide bonds. The second kappa shape index (κ2) is 8.12. The predicted octanol–water partition coefficient (Wildman–Crippen LogP) is 3.22. The van der Waals surface area contributed by atoms with E-state index in [0.29, 0.717) is 5.56 Å². The van der Waals surface area contributed by atoms with Crippen LogP contribution in [0.15, 0.2) is 23.6 Å². The van der Waals surface area contributed by atoms with Crippen LogP contribution in [0.5, 0.6) is 0 Å². The molecule has 0 spiro atoms. The van der Waals surface area contributed by atoms with Crippen molar-refractivity contribution in [3.8, 4) is 17.9 Å². The largest absolute Gasteiger partial charge is 0 e. The summed E-state index contributed by atoms with van der Waals surface area (Å²) in [5, 5.41) is 11.9. The van der Waals surface area contributed by atoms with Crippen LogP contribution < -0.4 is 0 Å². The molecule has 1 aromatic heterocycles. The van der Waals surface area contributed by atoms with Crippen molar-refractivity contribution in [2.24, 2.45) is 0 Å². The average molecular weight is 455 g/mol. The van der Waals surface area contributed by atoms with Crippen molar-refractivity contribution in [3.63, 3.8) is 0 Å². The number of alkyl halides is 1. The number of benzene rings is 1. The van der Waals surface area contributed by atoms with E-state index in [-0.39, 0.29) is 53.9 Å². The molecule has 0 bridgehead atoms. The summed E-state index contributed by atoms with van der Waals surface area (Å²) in [4.78, 5) is 6.50. The van der Waals surface area contributed by atoms with Crippen LogP contribution in [-0.2, 0) is 32.7 Å². The number of aromatic nitrogens is 1. The minimum atomic E-state index is -0.194. The maximum atomic E-state index is 8.98. The molecular weight excluding hydrogens is 444 g/mol. The molecule has 2 nitrogen and oxygen atoms in total. The summed E-state index contributed by atoms with van der Waals surface area (Å²) in [5.74, 6) is 6.13. The van der Waals surface area contributed by atoms with Crippen LogP contribution in [0, 0.1) is 33.7 Å². The van der Waals surface area contributed by atoms with Gasteiger partial charge in [0.1, 0.15) is 0 Å². The Labute approximate surface area is 152 Å². The molecule has 0 unspecified atom stereocenters. The Balaban J connectivity index is 0.00000180. The fourth-order valence-electron chi connectivity index (χ4n) is 1.41. The van der Waals surface area contributed by atoms with Crippen LogP contribution in [0.4, 0.5) is 0 Å². The smallest absolute Gasteiger partial charge is 0 e. The predicted molar refractivity (Wildman–Crippen MR) is 84.0 cm³/mol. The van der Waals surface area contributed by atoms with Crippen LogP contribution in [0.2, 0.25) is 0 Å². The van der Waals surface area contributed by atoms with Crippen LogP contribution in [0.1, 0.15) is 21.8 Å². The fourth-order valence-corrected chi connectivity index (χ4v) is 3.35. The number of hydrogen-bond acceptors (Lipinski definition) is 3. The minimum absolute atomic E-state index is 0. The molecule has 1 heterocycles. The first-order valence-electron chi connectivity index (χ1n) is 5.24. The van der Waals surface area contributed by atoms with E-state index in [9.17, 15) is 0 Å². The van der Waals surface area contributed by atoms with Gasteiger partial charge in [-0.25, -0.2) is 0 Å². The van der Waals surface area contributed by atoms with Gasteiger partial charge < -0.3 is 0 Å². The standard InChI is InChI=1S/C14H11IN2S.Y/c1-10-17-14(9-18-10)4-3-11-5-12(8-16)7-13(6-11)15-2;/h5-7,9,15H,1-2H3;. The third kappa shape index (κ3) is 4.97. The zero-order chi connectivity index (χ0) is 13.0. The molecule has 0 saturated heterocycles. The molecule has 0 aliphatic rings. The first kappa shape index (κ1) is 16.8. The summed E-state index contributed by atoms with van der Waals surface area (Å²) >= 11 is 1.40. The monoisotopic (exact) mass is 455 g/mol. The molecule has 0 atom stereocenters. The molecule has 5 heteroatoms. The Morgan fingerprint density at radius 1 is 1.21 bits per heavy atom. The number of rotatable bonds is 1. The van der Waals surface area contributed by atoms with E-state index in [1.165, 1.54) is 3.57 Å².